The number of hydrogen-bond donors (Lipinski definition) is 0. The van der Waals surface area contributed by atoms with Crippen molar-refractivity contribution in [3.63, 3.8) is 0 Å². The van der Waals surface area contributed by atoms with Gasteiger partial charge >= 0.3 is 89.2 Å². The minimum atomic E-state index is -9.60. The first-order valence-electron chi connectivity index (χ1n) is 9.59. The summed E-state index contributed by atoms with van der Waals surface area (Å²) in [7, 11) is -7.23. The Labute approximate surface area is 260 Å². The normalized spacial score (nSPS) is 15.4. The molecule has 0 aromatic heterocycles. The maximum Gasteiger partial charge on any atom is 1.00 e. The van der Waals surface area contributed by atoms with Crippen LogP contribution < -0.4 is 34.3 Å². The molecule has 0 amide bonds. The van der Waals surface area contributed by atoms with E-state index in [4.69, 9.17) is 0 Å². The zero-order valence-corrected chi connectivity index (χ0v) is 23.3. The molecule has 0 fully saturated rings. The monoisotopic (exact) mass is 786 g/mol. The summed E-state index contributed by atoms with van der Waals surface area (Å²) >= 11 is 0. The van der Waals surface area contributed by atoms with Gasteiger partial charge in [-0.25, -0.2) is 21.6 Å². The van der Waals surface area contributed by atoms with Crippen LogP contribution in [0.2, 0.25) is 0 Å². The molecule has 270 valence electrons. The maximum atomic E-state index is 13.9. The molecule has 1 rings (SSSR count). The molecule has 0 saturated carbocycles. The number of ether oxygens (including phenoxy) is 1. The van der Waals surface area contributed by atoms with E-state index in [9.17, 15) is 123 Å². The van der Waals surface area contributed by atoms with Gasteiger partial charge in [0.2, 0.25) is 11.6 Å². The third-order valence-corrected chi connectivity index (χ3v) is 6.01. The summed E-state index contributed by atoms with van der Waals surface area (Å²) in [6, 6.07) is 0. The largest absolute Gasteiger partial charge is 1.00 e. The van der Waals surface area contributed by atoms with Crippen LogP contribution in [-0.2, 0) is 10.1 Å². The molecule has 1 aromatic rings. The van der Waals surface area contributed by atoms with Crippen LogP contribution in [0.1, 0.15) is 0 Å². The molecule has 0 unspecified atom stereocenters. The van der Waals surface area contributed by atoms with E-state index in [2.05, 4.69) is 0 Å². The summed E-state index contributed by atoms with van der Waals surface area (Å²) in [6.45, 7) is 0. The van der Waals surface area contributed by atoms with Gasteiger partial charge in [-0.3, -0.25) is 0 Å². The van der Waals surface area contributed by atoms with Gasteiger partial charge in [0.25, 0.3) is 0 Å². The van der Waals surface area contributed by atoms with E-state index < -0.39 is 104 Å². The van der Waals surface area contributed by atoms with Crippen molar-refractivity contribution in [2.75, 3.05) is 0 Å². The fourth-order valence-corrected chi connectivity index (χ4v) is 3.31. The van der Waals surface area contributed by atoms with E-state index in [0.29, 0.717) is 0 Å². The molecule has 0 aliphatic heterocycles. The van der Waals surface area contributed by atoms with Crippen molar-refractivity contribution in [3.05, 3.63) is 23.3 Å². The molecule has 0 spiro atoms. The van der Waals surface area contributed by atoms with Gasteiger partial charge < -0.3 is 9.29 Å². The molecule has 0 bridgehead atoms. The van der Waals surface area contributed by atoms with E-state index in [1.54, 1.807) is 0 Å². The van der Waals surface area contributed by atoms with Crippen LogP contribution in [0.15, 0.2) is 4.90 Å². The van der Waals surface area contributed by atoms with Crippen LogP contribution >= 0.6 is 0 Å². The molecule has 47 heavy (non-hydrogen) atoms. The van der Waals surface area contributed by atoms with Gasteiger partial charge in [0.15, 0.2) is 17.4 Å². The van der Waals surface area contributed by atoms with Crippen molar-refractivity contribution in [2.24, 2.45) is 0 Å². The topological polar surface area (TPSA) is 66.4 Å². The molecule has 0 atom stereocenters. The van der Waals surface area contributed by atoms with Crippen molar-refractivity contribution in [1.82, 2.24) is 0 Å². The van der Waals surface area contributed by atoms with E-state index in [1.165, 1.54) is 0 Å². The van der Waals surface area contributed by atoms with Crippen LogP contribution in [-0.4, -0.2) is 72.6 Å². The van der Waals surface area contributed by atoms with Gasteiger partial charge in [-0.05, 0) is 0 Å². The second-order valence-corrected chi connectivity index (χ2v) is 9.40. The van der Waals surface area contributed by atoms with Gasteiger partial charge in [0.05, 0.1) is 0 Å². The number of halogens is 25. The Hall–Kier alpha value is -1.82. The second kappa shape index (κ2) is 11.9. The molecule has 0 N–H and O–H groups in total. The molecular weight excluding hydrogens is 786 g/mol. The zero-order valence-electron chi connectivity index (χ0n) is 20.5. The number of rotatable bonds is 11. The van der Waals surface area contributed by atoms with Crippen LogP contribution in [0.25, 0.3) is 0 Å². The summed E-state index contributed by atoms with van der Waals surface area (Å²) in [5.74, 6) is -93.2. The second-order valence-electron chi connectivity index (χ2n) is 8.08. The quantitative estimate of drug-likeness (QED) is 0.107. The van der Waals surface area contributed by atoms with Crippen LogP contribution in [0.5, 0.6) is 5.75 Å². The van der Waals surface area contributed by atoms with Gasteiger partial charge in [-0.1, -0.05) is 0 Å². The van der Waals surface area contributed by atoms with Gasteiger partial charge in [-0.15, -0.1) is 0 Å². The standard InChI is InChI=1S/C16HF25O4S.Na/c17-1-2(18)4(20)6(46(42,43)44)5(3(1)19)45-16(40,41)14(35,36)12(31,32)10(27,28)8(23,24)7(21,22)9(25,26)11(29,30)13(33,34)15(37,38)39;/h(H,42,43,44);/q;+1/p-1. The van der Waals surface area contributed by atoms with Crippen LogP contribution in [0, 0.1) is 23.3 Å². The third-order valence-electron chi connectivity index (χ3n) is 5.15. The van der Waals surface area contributed by atoms with Gasteiger partial charge in [0, 0.05) is 0 Å². The van der Waals surface area contributed by atoms with Gasteiger partial charge in [0.1, 0.15) is 15.0 Å². The van der Waals surface area contributed by atoms with Crippen molar-refractivity contribution in [1.29, 1.82) is 0 Å². The zero-order chi connectivity index (χ0) is 37.7. The van der Waals surface area contributed by atoms with Crippen molar-refractivity contribution in [2.45, 2.75) is 64.6 Å². The molecule has 0 radical (unpaired) electrons. The molecule has 4 nitrogen and oxygen atoms in total. The van der Waals surface area contributed by atoms with Crippen LogP contribution in [0.3, 0.4) is 0 Å². The smallest absolute Gasteiger partial charge is 0.744 e. The first-order chi connectivity index (χ1) is 19.6. The van der Waals surface area contributed by atoms with E-state index in [0.717, 1.165) is 0 Å². The predicted molar refractivity (Wildman–Crippen MR) is 85.4 cm³/mol. The minimum absolute atomic E-state index is 0. The maximum absolute atomic E-state index is 13.9. The number of hydrogen-bond acceptors (Lipinski definition) is 4. The summed E-state index contributed by atoms with van der Waals surface area (Å²) in [6.07, 6.45) is -16.5. The molecule has 0 aliphatic carbocycles. The molecule has 31 heteroatoms. The van der Waals surface area contributed by atoms with E-state index in [1.807, 2.05) is 4.74 Å². The minimum Gasteiger partial charge on any atom is -0.744 e. The first kappa shape index (κ1) is 45.2. The number of benzene rings is 1. The Morgan fingerprint density at radius 1 is 0.426 bits per heavy atom. The average molecular weight is 786 g/mol. The molecular formula is C16F25NaO4S. The molecule has 0 aliphatic rings. The van der Waals surface area contributed by atoms with Crippen LogP contribution in [0.4, 0.5) is 110 Å². The third kappa shape index (κ3) is 6.03. The Kier molecular flexibility index (Phi) is 11.4. The van der Waals surface area contributed by atoms with Crippen molar-refractivity contribution in [3.8, 4) is 5.75 Å². The Bertz CT molecular complexity index is 1470. The SMILES string of the molecule is O=S(=O)([O-])c1c(F)c(F)c(F)c(F)c1OC(F)(F)C(F)(F)C(F)(F)C(F)(F)C(F)(F)C(F)(F)C(F)(F)C(F)(F)C(F)(F)C(F)(F)F.[Na+]. The Balaban J connectivity index is 0.0000212. The molecule has 0 heterocycles. The summed E-state index contributed by atoms with van der Waals surface area (Å²) in [4.78, 5) is -3.75. The summed E-state index contributed by atoms with van der Waals surface area (Å²) in [5, 5.41) is 0. The fraction of sp³-hybridized carbons (Fsp3) is 0.625. The molecule has 0 saturated heterocycles. The molecule has 1 aromatic carbocycles. The summed E-state index contributed by atoms with van der Waals surface area (Å²) < 4.78 is 369. The van der Waals surface area contributed by atoms with Crippen molar-refractivity contribution >= 4 is 10.1 Å². The predicted octanol–water partition coefficient (Wildman–Crippen LogP) is 4.77. The first-order valence-corrected chi connectivity index (χ1v) is 11.0. The van der Waals surface area contributed by atoms with Gasteiger partial charge in [-0.2, -0.15) is 96.6 Å². The summed E-state index contributed by atoms with van der Waals surface area (Å²) in [5.41, 5.74) is 0. The van der Waals surface area contributed by atoms with E-state index >= 15 is 0 Å². The Morgan fingerprint density at radius 2 is 0.681 bits per heavy atom. The average Bonchev–Trinajstić information content (AvgIpc) is 2.83. The fourth-order valence-electron chi connectivity index (χ4n) is 2.64. The van der Waals surface area contributed by atoms with Crippen molar-refractivity contribution < 1.29 is 157 Å². The Morgan fingerprint density at radius 3 is 0.957 bits per heavy atom. The van der Waals surface area contributed by atoms with E-state index in [-0.39, 0.29) is 29.6 Å². The number of alkyl halides is 21.